The molecule has 2 aromatic heterocycles. The van der Waals surface area contributed by atoms with E-state index in [1.165, 1.54) is 6.07 Å². The largest absolute Gasteiger partial charge is 0.433 e. The second kappa shape index (κ2) is 6.86. The van der Waals surface area contributed by atoms with Gasteiger partial charge < -0.3 is 9.80 Å². The van der Waals surface area contributed by atoms with E-state index in [1.807, 2.05) is 6.20 Å². The van der Waals surface area contributed by atoms with E-state index in [9.17, 15) is 18.0 Å². The van der Waals surface area contributed by atoms with Crippen LogP contribution >= 0.6 is 0 Å². The number of nitrogens with zero attached hydrogens (tertiary/aromatic N) is 5. The van der Waals surface area contributed by atoms with Gasteiger partial charge in [0.1, 0.15) is 0 Å². The van der Waals surface area contributed by atoms with Crippen molar-refractivity contribution in [3.05, 3.63) is 66.1 Å². The summed E-state index contributed by atoms with van der Waals surface area (Å²) in [5.74, 6) is -0.374. The van der Waals surface area contributed by atoms with Gasteiger partial charge in [0, 0.05) is 37.3 Å². The van der Waals surface area contributed by atoms with Crippen molar-refractivity contribution in [2.75, 3.05) is 19.6 Å². The number of piperazine rings is 1. The Morgan fingerprint density at radius 2 is 1.90 bits per heavy atom. The van der Waals surface area contributed by atoms with E-state index in [1.54, 1.807) is 35.2 Å². The molecule has 0 spiro atoms. The first-order valence-electron chi connectivity index (χ1n) is 9.65. The maximum atomic E-state index is 13.7. The van der Waals surface area contributed by atoms with Crippen LogP contribution in [-0.4, -0.2) is 56.0 Å². The first-order valence-corrected chi connectivity index (χ1v) is 9.65. The summed E-state index contributed by atoms with van der Waals surface area (Å²) in [4.78, 5) is 21.1. The van der Waals surface area contributed by atoms with Gasteiger partial charge in [0.2, 0.25) is 0 Å². The number of halogens is 3. The number of hydrogen-bond acceptors (Lipinski definition) is 4. The van der Waals surface area contributed by atoms with Crippen molar-refractivity contribution >= 4 is 11.6 Å². The first kappa shape index (κ1) is 18.7. The zero-order chi connectivity index (χ0) is 20.9. The molecule has 6 nitrogen and oxygen atoms in total. The summed E-state index contributed by atoms with van der Waals surface area (Å²) in [6, 6.07) is 11.1. The quantitative estimate of drug-likeness (QED) is 0.646. The van der Waals surface area contributed by atoms with Gasteiger partial charge in [-0.2, -0.15) is 18.3 Å². The molecule has 0 bridgehead atoms. The number of carbonyl (C=O) groups excluding carboxylic acids is 1. The van der Waals surface area contributed by atoms with Crippen molar-refractivity contribution in [2.45, 2.75) is 18.6 Å². The Morgan fingerprint density at radius 1 is 1.10 bits per heavy atom. The lowest BCUT2D eigenvalue weighted by Gasteiger charge is -2.37. The lowest BCUT2D eigenvalue weighted by atomic mass is 10.1. The molecule has 2 aliphatic rings. The Kier molecular flexibility index (Phi) is 4.27. The zero-order valence-corrected chi connectivity index (χ0v) is 15.9. The highest BCUT2D eigenvalue weighted by Crippen LogP contribution is 2.32. The second-order valence-corrected chi connectivity index (χ2v) is 7.45. The van der Waals surface area contributed by atoms with E-state index in [2.05, 4.69) is 21.1 Å². The van der Waals surface area contributed by atoms with Crippen LogP contribution in [0.5, 0.6) is 0 Å². The standard InChI is InChI=1S/C21H18F3N5O/c22-21(23,24)18-11-16(14-5-2-1-3-6-14)25-19-12-17(26-29(18)19)20(30)28-10-9-27-8-4-7-15(27)13-28/h1-6,8,11-12,15H,7,9-10,13H2. The minimum atomic E-state index is -4.64. The van der Waals surface area contributed by atoms with E-state index in [4.69, 9.17) is 0 Å². The Hall–Kier alpha value is -3.36. The topological polar surface area (TPSA) is 53.7 Å². The van der Waals surface area contributed by atoms with Gasteiger partial charge in [-0.1, -0.05) is 36.4 Å². The summed E-state index contributed by atoms with van der Waals surface area (Å²) in [6.07, 6.45) is 0.309. The monoisotopic (exact) mass is 413 g/mol. The van der Waals surface area contributed by atoms with Crippen LogP contribution in [0.2, 0.25) is 0 Å². The second-order valence-electron chi connectivity index (χ2n) is 7.45. The fourth-order valence-corrected chi connectivity index (χ4v) is 4.01. The van der Waals surface area contributed by atoms with Gasteiger partial charge in [-0.05, 0) is 18.7 Å². The predicted molar refractivity (Wildman–Crippen MR) is 104 cm³/mol. The number of carbonyl (C=O) groups is 1. The fourth-order valence-electron chi connectivity index (χ4n) is 4.01. The fraction of sp³-hybridized carbons (Fsp3) is 0.286. The van der Waals surface area contributed by atoms with Crippen LogP contribution in [0.15, 0.2) is 54.7 Å². The molecule has 3 aromatic rings. The highest BCUT2D eigenvalue weighted by molar-refractivity contribution is 5.93. The Bertz CT molecular complexity index is 1140. The van der Waals surface area contributed by atoms with Gasteiger partial charge in [0.05, 0.1) is 5.69 Å². The van der Waals surface area contributed by atoms with E-state index in [0.29, 0.717) is 29.7 Å². The third-order valence-electron chi connectivity index (χ3n) is 5.53. The number of benzene rings is 1. The molecule has 4 heterocycles. The summed E-state index contributed by atoms with van der Waals surface area (Å²) in [6.45, 7) is 1.72. The van der Waals surface area contributed by atoms with Crippen LogP contribution in [0.1, 0.15) is 22.6 Å². The predicted octanol–water partition coefficient (Wildman–Crippen LogP) is 3.46. The molecule has 5 rings (SSSR count). The van der Waals surface area contributed by atoms with Crippen molar-refractivity contribution in [1.29, 1.82) is 0 Å². The molecule has 1 amide bonds. The molecule has 1 atom stereocenters. The van der Waals surface area contributed by atoms with Crippen LogP contribution in [-0.2, 0) is 6.18 Å². The van der Waals surface area contributed by atoms with Crippen molar-refractivity contribution in [2.24, 2.45) is 0 Å². The van der Waals surface area contributed by atoms with E-state index < -0.39 is 11.9 Å². The molecular formula is C21H18F3N5O. The number of hydrogen-bond donors (Lipinski definition) is 0. The molecular weight excluding hydrogens is 395 g/mol. The van der Waals surface area contributed by atoms with Crippen molar-refractivity contribution < 1.29 is 18.0 Å². The molecule has 1 aromatic carbocycles. The molecule has 0 radical (unpaired) electrons. The molecule has 1 saturated heterocycles. The van der Waals surface area contributed by atoms with Gasteiger partial charge in [-0.25, -0.2) is 9.50 Å². The first-order chi connectivity index (χ1) is 14.4. The number of amides is 1. The molecule has 0 saturated carbocycles. The van der Waals surface area contributed by atoms with Crippen molar-refractivity contribution in [3.8, 4) is 11.3 Å². The molecule has 9 heteroatoms. The van der Waals surface area contributed by atoms with Crippen LogP contribution < -0.4 is 0 Å². The van der Waals surface area contributed by atoms with Gasteiger partial charge >= 0.3 is 6.18 Å². The highest BCUT2D eigenvalue weighted by Gasteiger charge is 2.36. The maximum absolute atomic E-state index is 13.7. The average molecular weight is 413 g/mol. The molecule has 2 aliphatic heterocycles. The summed E-state index contributed by atoms with van der Waals surface area (Å²) >= 11 is 0. The summed E-state index contributed by atoms with van der Waals surface area (Å²) in [7, 11) is 0. The van der Waals surface area contributed by atoms with Crippen LogP contribution in [0.4, 0.5) is 13.2 Å². The van der Waals surface area contributed by atoms with Gasteiger partial charge in [-0.3, -0.25) is 4.79 Å². The maximum Gasteiger partial charge on any atom is 0.433 e. The Labute approximate surface area is 170 Å². The Balaban J connectivity index is 1.54. The SMILES string of the molecule is O=C(c1cc2nc(-c3ccccc3)cc(C(F)(F)F)n2n1)N1CCN2C=CCC2C1. The number of aromatic nitrogens is 3. The third-order valence-corrected chi connectivity index (χ3v) is 5.53. The van der Waals surface area contributed by atoms with Gasteiger partial charge in [-0.15, -0.1) is 0 Å². The number of fused-ring (bicyclic) bond motifs is 2. The third kappa shape index (κ3) is 3.20. The van der Waals surface area contributed by atoms with Crippen molar-refractivity contribution in [3.63, 3.8) is 0 Å². The molecule has 0 aliphatic carbocycles. The Morgan fingerprint density at radius 3 is 2.67 bits per heavy atom. The number of alkyl halides is 3. The molecule has 154 valence electrons. The highest BCUT2D eigenvalue weighted by atomic mass is 19.4. The normalized spacial score (nSPS) is 18.8. The molecule has 30 heavy (non-hydrogen) atoms. The summed E-state index contributed by atoms with van der Waals surface area (Å²) in [5, 5.41) is 3.99. The average Bonchev–Trinajstić information content (AvgIpc) is 3.38. The lowest BCUT2D eigenvalue weighted by Crippen LogP contribution is -2.51. The van der Waals surface area contributed by atoms with E-state index in [0.717, 1.165) is 12.5 Å². The molecule has 1 fully saturated rings. The molecule has 0 N–H and O–H groups in total. The summed E-state index contributed by atoms with van der Waals surface area (Å²) < 4.78 is 41.9. The lowest BCUT2D eigenvalue weighted by molar-refractivity contribution is -0.142. The van der Waals surface area contributed by atoms with Crippen molar-refractivity contribution in [1.82, 2.24) is 24.4 Å². The van der Waals surface area contributed by atoms with E-state index >= 15 is 0 Å². The number of rotatable bonds is 2. The molecule has 1 unspecified atom stereocenters. The minimum absolute atomic E-state index is 0.00630. The van der Waals surface area contributed by atoms with Crippen LogP contribution in [0.3, 0.4) is 0 Å². The zero-order valence-electron chi connectivity index (χ0n) is 15.9. The van der Waals surface area contributed by atoms with Gasteiger partial charge in [0.15, 0.2) is 17.0 Å². The summed E-state index contributed by atoms with van der Waals surface area (Å²) in [5.41, 5.74) is -0.259. The smallest absolute Gasteiger partial charge is 0.371 e. The van der Waals surface area contributed by atoms with Crippen LogP contribution in [0.25, 0.3) is 16.9 Å². The van der Waals surface area contributed by atoms with E-state index in [-0.39, 0.29) is 29.0 Å². The van der Waals surface area contributed by atoms with Gasteiger partial charge in [0.25, 0.3) is 5.91 Å². The van der Waals surface area contributed by atoms with Crippen LogP contribution in [0, 0.1) is 0 Å². The minimum Gasteiger partial charge on any atom is -0.371 e.